The molecule has 0 saturated carbocycles. The summed E-state index contributed by atoms with van der Waals surface area (Å²) in [6.45, 7) is 4.84. The molecule has 1 N–H and O–H groups in total. The molecule has 1 aromatic carbocycles. The second-order valence-electron chi connectivity index (χ2n) is 6.53. The second-order valence-corrected chi connectivity index (χ2v) is 6.53. The predicted octanol–water partition coefficient (Wildman–Crippen LogP) is 2.58. The highest BCUT2D eigenvalue weighted by Gasteiger charge is 2.21. The van der Waals surface area contributed by atoms with E-state index in [9.17, 15) is 4.79 Å². The van der Waals surface area contributed by atoms with E-state index in [2.05, 4.69) is 15.4 Å². The molecule has 7 nitrogen and oxygen atoms in total. The molecule has 1 atom stereocenters. The normalized spacial score (nSPS) is 16.0. The van der Waals surface area contributed by atoms with Gasteiger partial charge in [-0.25, -0.2) is 9.67 Å². The van der Waals surface area contributed by atoms with Crippen molar-refractivity contribution in [2.75, 3.05) is 13.2 Å². The van der Waals surface area contributed by atoms with Crippen molar-refractivity contribution < 1.29 is 14.3 Å². The zero-order valence-electron chi connectivity index (χ0n) is 14.7. The fourth-order valence-corrected chi connectivity index (χ4v) is 2.91. The van der Waals surface area contributed by atoms with Gasteiger partial charge in [-0.3, -0.25) is 4.79 Å². The number of aromatic nitrogens is 3. The van der Waals surface area contributed by atoms with Crippen LogP contribution in [-0.2, 0) is 0 Å². The van der Waals surface area contributed by atoms with Crippen LogP contribution in [0.25, 0.3) is 11.0 Å². The Morgan fingerprint density at radius 3 is 2.92 bits per heavy atom. The monoisotopic (exact) mass is 352 g/mol. The highest BCUT2D eigenvalue weighted by Crippen LogP contribution is 2.30. The number of rotatable bonds is 4. The lowest BCUT2D eigenvalue weighted by Crippen LogP contribution is -2.40. The van der Waals surface area contributed by atoms with Gasteiger partial charge in [-0.15, -0.1) is 0 Å². The first-order chi connectivity index (χ1) is 12.6. The van der Waals surface area contributed by atoms with Gasteiger partial charge < -0.3 is 14.8 Å². The number of hydrogen-bond acceptors (Lipinski definition) is 5. The molecule has 4 rings (SSSR count). The third kappa shape index (κ3) is 3.08. The molecular formula is C19H20N4O3. The minimum atomic E-state index is -0.228. The molecule has 0 radical (unpaired) electrons. The van der Waals surface area contributed by atoms with Crippen molar-refractivity contribution >= 4 is 16.9 Å². The largest absolute Gasteiger partial charge is 0.486 e. The Kier molecular flexibility index (Phi) is 4.20. The summed E-state index contributed by atoms with van der Waals surface area (Å²) < 4.78 is 13.3. The number of carbonyl (C=O) groups is 1. The van der Waals surface area contributed by atoms with Crippen LogP contribution in [-0.4, -0.2) is 39.9 Å². The molecule has 1 aliphatic rings. The molecule has 3 heterocycles. The zero-order valence-corrected chi connectivity index (χ0v) is 14.7. The van der Waals surface area contributed by atoms with E-state index in [4.69, 9.17) is 9.47 Å². The molecule has 3 aromatic rings. The maximum atomic E-state index is 12.4. The number of benzene rings is 1. The van der Waals surface area contributed by atoms with Crippen molar-refractivity contribution in [3.8, 4) is 11.5 Å². The van der Waals surface area contributed by atoms with E-state index < -0.39 is 0 Å². The van der Waals surface area contributed by atoms with E-state index in [0.29, 0.717) is 24.5 Å². The van der Waals surface area contributed by atoms with Crippen molar-refractivity contribution in [3.05, 3.63) is 48.3 Å². The second kappa shape index (κ2) is 6.67. The van der Waals surface area contributed by atoms with Gasteiger partial charge in [-0.2, -0.15) is 5.10 Å². The number of para-hydroxylation sites is 2. The fraction of sp³-hybridized carbons (Fsp3) is 0.316. The third-order valence-electron chi connectivity index (χ3n) is 4.24. The maximum absolute atomic E-state index is 12.4. The Hall–Kier alpha value is -3.09. The van der Waals surface area contributed by atoms with Crippen LogP contribution >= 0.6 is 0 Å². The quantitative estimate of drug-likeness (QED) is 0.781. The topological polar surface area (TPSA) is 78.3 Å². The predicted molar refractivity (Wildman–Crippen MR) is 96.6 cm³/mol. The van der Waals surface area contributed by atoms with E-state index in [-0.39, 0.29) is 18.1 Å². The molecule has 2 aromatic heterocycles. The first-order valence-electron chi connectivity index (χ1n) is 8.62. The van der Waals surface area contributed by atoms with Crippen LogP contribution in [0.5, 0.6) is 11.5 Å². The van der Waals surface area contributed by atoms with Crippen molar-refractivity contribution in [1.82, 2.24) is 20.1 Å². The minimum absolute atomic E-state index is 0.195. The molecule has 7 heteroatoms. The van der Waals surface area contributed by atoms with Gasteiger partial charge in [0.05, 0.1) is 18.3 Å². The lowest BCUT2D eigenvalue weighted by molar-refractivity contribution is 0.0789. The Morgan fingerprint density at radius 1 is 1.31 bits per heavy atom. The van der Waals surface area contributed by atoms with Crippen LogP contribution in [0.15, 0.2) is 42.7 Å². The lowest BCUT2D eigenvalue weighted by Gasteiger charge is -2.26. The summed E-state index contributed by atoms with van der Waals surface area (Å²) >= 11 is 0. The maximum Gasteiger partial charge on any atom is 0.253 e. The van der Waals surface area contributed by atoms with Gasteiger partial charge in [0, 0.05) is 17.6 Å². The molecule has 0 fully saturated rings. The van der Waals surface area contributed by atoms with Crippen molar-refractivity contribution in [1.29, 1.82) is 0 Å². The summed E-state index contributed by atoms with van der Waals surface area (Å²) in [5.41, 5.74) is 1.27. The Morgan fingerprint density at radius 2 is 2.12 bits per heavy atom. The Bertz CT molecular complexity index is 951. The molecule has 26 heavy (non-hydrogen) atoms. The standard InChI is InChI=1S/C19H20N4O3/c1-12(2)23-18-13(9-22-23)7-14(8-20-18)19(24)21-10-15-11-25-16-5-3-4-6-17(16)26-15/h3-9,12,15H,10-11H2,1-2H3,(H,21,24)/t15-/m0/s1. The highest BCUT2D eigenvalue weighted by molar-refractivity contribution is 5.96. The van der Waals surface area contributed by atoms with E-state index in [1.807, 2.05) is 42.8 Å². The molecular weight excluding hydrogens is 332 g/mol. The average molecular weight is 352 g/mol. The van der Waals surface area contributed by atoms with E-state index in [0.717, 1.165) is 16.8 Å². The van der Waals surface area contributed by atoms with Crippen LogP contribution < -0.4 is 14.8 Å². The van der Waals surface area contributed by atoms with Crippen LogP contribution in [0, 0.1) is 0 Å². The summed E-state index contributed by atoms with van der Waals surface area (Å²) in [5.74, 6) is 1.23. The van der Waals surface area contributed by atoms with Crippen LogP contribution in [0.2, 0.25) is 0 Å². The van der Waals surface area contributed by atoms with E-state index >= 15 is 0 Å². The van der Waals surface area contributed by atoms with Gasteiger partial charge in [0.2, 0.25) is 0 Å². The van der Waals surface area contributed by atoms with Gasteiger partial charge in [0.1, 0.15) is 12.7 Å². The molecule has 0 bridgehead atoms. The van der Waals surface area contributed by atoms with Crippen molar-refractivity contribution in [3.63, 3.8) is 0 Å². The Balaban J connectivity index is 1.42. The number of fused-ring (bicyclic) bond motifs is 2. The first-order valence-corrected chi connectivity index (χ1v) is 8.62. The summed E-state index contributed by atoms with van der Waals surface area (Å²) in [5, 5.41) is 8.05. The third-order valence-corrected chi connectivity index (χ3v) is 4.24. The minimum Gasteiger partial charge on any atom is -0.486 e. The summed E-state index contributed by atoms with van der Waals surface area (Å²) in [6.07, 6.45) is 3.08. The van der Waals surface area contributed by atoms with Crippen LogP contribution in [0.4, 0.5) is 0 Å². The van der Waals surface area contributed by atoms with Gasteiger partial charge in [0.25, 0.3) is 5.91 Å². The van der Waals surface area contributed by atoms with Gasteiger partial charge in [-0.05, 0) is 32.0 Å². The molecule has 1 aliphatic heterocycles. The van der Waals surface area contributed by atoms with Crippen LogP contribution in [0.3, 0.4) is 0 Å². The van der Waals surface area contributed by atoms with E-state index in [1.165, 1.54) is 0 Å². The summed E-state index contributed by atoms with van der Waals surface area (Å²) in [7, 11) is 0. The smallest absolute Gasteiger partial charge is 0.253 e. The lowest BCUT2D eigenvalue weighted by atomic mass is 10.2. The van der Waals surface area contributed by atoms with Crippen molar-refractivity contribution in [2.24, 2.45) is 0 Å². The Labute approximate surface area is 150 Å². The van der Waals surface area contributed by atoms with Gasteiger partial charge >= 0.3 is 0 Å². The molecule has 134 valence electrons. The summed E-state index contributed by atoms with van der Waals surface area (Å²) in [4.78, 5) is 16.8. The molecule has 0 saturated heterocycles. The fourth-order valence-electron chi connectivity index (χ4n) is 2.91. The first kappa shape index (κ1) is 16.4. The molecule has 1 amide bonds. The number of amides is 1. The SMILES string of the molecule is CC(C)n1ncc2cc(C(=O)NC[C@H]3COc4ccccc4O3)cnc21. The average Bonchev–Trinajstić information content (AvgIpc) is 3.09. The highest BCUT2D eigenvalue weighted by atomic mass is 16.6. The van der Waals surface area contributed by atoms with Gasteiger partial charge in [-0.1, -0.05) is 12.1 Å². The number of hydrogen-bond donors (Lipinski definition) is 1. The number of nitrogens with zero attached hydrogens (tertiary/aromatic N) is 3. The number of carbonyl (C=O) groups excluding carboxylic acids is 1. The summed E-state index contributed by atoms with van der Waals surface area (Å²) in [6, 6.07) is 9.52. The number of nitrogens with one attached hydrogen (secondary N) is 1. The molecule has 0 spiro atoms. The number of pyridine rings is 1. The van der Waals surface area contributed by atoms with Crippen LogP contribution in [0.1, 0.15) is 30.2 Å². The van der Waals surface area contributed by atoms with Crippen molar-refractivity contribution in [2.45, 2.75) is 26.0 Å². The molecule has 0 unspecified atom stereocenters. The van der Waals surface area contributed by atoms with Gasteiger partial charge in [0.15, 0.2) is 17.1 Å². The van der Waals surface area contributed by atoms with E-state index in [1.54, 1.807) is 18.5 Å². The zero-order chi connectivity index (χ0) is 18.1. The number of ether oxygens (including phenoxy) is 2. The molecule has 0 aliphatic carbocycles.